The highest BCUT2D eigenvalue weighted by Crippen LogP contribution is 2.30. The molecule has 1 rings (SSSR count). The first-order chi connectivity index (χ1) is 9.86. The van der Waals surface area contributed by atoms with Gasteiger partial charge in [-0.3, -0.25) is 0 Å². The molecule has 0 aromatic carbocycles. The summed E-state index contributed by atoms with van der Waals surface area (Å²) in [6, 6.07) is 0. The van der Waals surface area contributed by atoms with Crippen molar-refractivity contribution in [3.63, 3.8) is 0 Å². The Morgan fingerprint density at radius 1 is 1.48 bits per heavy atom. The van der Waals surface area contributed by atoms with E-state index in [4.69, 9.17) is 5.11 Å². The fourth-order valence-electron chi connectivity index (χ4n) is 1.34. The Bertz CT molecular complexity index is 462. The minimum atomic E-state index is -4.42. The first kappa shape index (κ1) is 17.7. The van der Waals surface area contributed by atoms with Crippen LogP contribution in [0, 0.1) is 5.92 Å². The molecule has 0 aliphatic rings. The number of hydrogen-bond donors (Lipinski definition) is 3. The molecule has 0 radical (unpaired) electrons. The predicted molar refractivity (Wildman–Crippen MR) is 76.2 cm³/mol. The van der Waals surface area contributed by atoms with E-state index in [1.165, 1.54) is 0 Å². The lowest BCUT2D eigenvalue weighted by Crippen LogP contribution is -2.39. The fraction of sp³-hybridized carbons (Fsp3) is 0.667. The molecule has 0 fully saturated rings. The van der Waals surface area contributed by atoms with E-state index in [-0.39, 0.29) is 19.1 Å². The third-order valence-electron chi connectivity index (χ3n) is 2.49. The molecule has 0 aliphatic carbocycles. The SMILES string of the molecule is CCNC(=NCc1nc(C(F)(F)F)cs1)NCC(C)CO. The van der Waals surface area contributed by atoms with Crippen LogP contribution in [0.4, 0.5) is 13.2 Å². The maximum Gasteiger partial charge on any atom is 0.434 e. The summed E-state index contributed by atoms with van der Waals surface area (Å²) in [7, 11) is 0. The van der Waals surface area contributed by atoms with E-state index < -0.39 is 11.9 Å². The van der Waals surface area contributed by atoms with Gasteiger partial charge < -0.3 is 15.7 Å². The second-order valence-electron chi connectivity index (χ2n) is 4.49. The summed E-state index contributed by atoms with van der Waals surface area (Å²) in [6.07, 6.45) is -4.42. The fourth-order valence-corrected chi connectivity index (χ4v) is 2.06. The Hall–Kier alpha value is -1.35. The van der Waals surface area contributed by atoms with Crippen molar-refractivity contribution in [1.29, 1.82) is 0 Å². The first-order valence-corrected chi connectivity index (χ1v) is 7.39. The number of aliphatic hydroxyl groups is 1. The summed E-state index contributed by atoms with van der Waals surface area (Å²) in [5.41, 5.74) is -0.885. The van der Waals surface area contributed by atoms with Crippen molar-refractivity contribution in [2.75, 3.05) is 19.7 Å². The monoisotopic (exact) mass is 324 g/mol. The molecule has 1 aromatic heterocycles. The summed E-state index contributed by atoms with van der Waals surface area (Å²) in [5.74, 6) is 0.548. The van der Waals surface area contributed by atoms with E-state index in [1.54, 1.807) is 0 Å². The van der Waals surface area contributed by atoms with Crippen molar-refractivity contribution < 1.29 is 18.3 Å². The average Bonchev–Trinajstić information content (AvgIpc) is 2.90. The Morgan fingerprint density at radius 2 is 2.19 bits per heavy atom. The summed E-state index contributed by atoms with van der Waals surface area (Å²) < 4.78 is 37.3. The molecule has 5 nitrogen and oxygen atoms in total. The van der Waals surface area contributed by atoms with Crippen molar-refractivity contribution >= 4 is 17.3 Å². The minimum Gasteiger partial charge on any atom is -0.396 e. The summed E-state index contributed by atoms with van der Waals surface area (Å²) in [6.45, 7) is 5.03. The average molecular weight is 324 g/mol. The molecule has 9 heteroatoms. The lowest BCUT2D eigenvalue weighted by atomic mass is 10.2. The Morgan fingerprint density at radius 3 is 2.71 bits per heavy atom. The Kier molecular flexibility index (Phi) is 6.90. The maximum atomic E-state index is 12.4. The summed E-state index contributed by atoms with van der Waals surface area (Å²) in [4.78, 5) is 7.69. The molecule has 1 atom stereocenters. The smallest absolute Gasteiger partial charge is 0.396 e. The molecule has 0 saturated heterocycles. The van der Waals surface area contributed by atoms with E-state index >= 15 is 0 Å². The molecule has 0 aliphatic heterocycles. The number of alkyl halides is 3. The highest BCUT2D eigenvalue weighted by atomic mass is 32.1. The first-order valence-electron chi connectivity index (χ1n) is 6.51. The number of rotatable bonds is 6. The van der Waals surface area contributed by atoms with Crippen molar-refractivity contribution in [2.45, 2.75) is 26.6 Å². The van der Waals surface area contributed by atoms with Crippen LogP contribution in [-0.4, -0.2) is 35.7 Å². The molecule has 3 N–H and O–H groups in total. The predicted octanol–water partition coefficient (Wildman–Crippen LogP) is 1.85. The molecular weight excluding hydrogens is 305 g/mol. The van der Waals surface area contributed by atoms with E-state index in [1.807, 2.05) is 13.8 Å². The van der Waals surface area contributed by atoms with Crippen molar-refractivity contribution in [3.8, 4) is 0 Å². The summed E-state index contributed by atoms with van der Waals surface area (Å²) >= 11 is 0.932. The van der Waals surface area contributed by atoms with Gasteiger partial charge in [-0.2, -0.15) is 13.2 Å². The number of nitrogens with zero attached hydrogens (tertiary/aromatic N) is 2. The van der Waals surface area contributed by atoms with E-state index in [0.717, 1.165) is 16.7 Å². The van der Waals surface area contributed by atoms with Crippen LogP contribution in [-0.2, 0) is 12.7 Å². The lowest BCUT2D eigenvalue weighted by molar-refractivity contribution is -0.140. The van der Waals surface area contributed by atoms with Crippen LogP contribution >= 0.6 is 11.3 Å². The Labute approximate surface area is 125 Å². The normalized spacial score (nSPS) is 14.1. The molecular formula is C12H19F3N4OS. The van der Waals surface area contributed by atoms with Gasteiger partial charge in [0.05, 0.1) is 6.54 Å². The third-order valence-corrected chi connectivity index (χ3v) is 3.32. The maximum absolute atomic E-state index is 12.4. The van der Waals surface area contributed by atoms with Crippen LogP contribution in [0.1, 0.15) is 24.5 Å². The quantitative estimate of drug-likeness (QED) is 0.552. The molecule has 1 aromatic rings. The van der Waals surface area contributed by atoms with Gasteiger partial charge in [-0.1, -0.05) is 6.92 Å². The van der Waals surface area contributed by atoms with Crippen molar-refractivity contribution in [2.24, 2.45) is 10.9 Å². The standard InChI is InChI=1S/C12H19F3N4OS/c1-3-16-11(17-4-8(2)6-20)18-5-10-19-9(7-21-10)12(13,14)15/h7-8,20H,3-6H2,1-2H3,(H2,16,17,18). The zero-order valence-corrected chi connectivity index (χ0v) is 12.7. The van der Waals surface area contributed by atoms with Crippen molar-refractivity contribution in [1.82, 2.24) is 15.6 Å². The number of guanidine groups is 1. The molecule has 1 heterocycles. The molecule has 0 amide bonds. The van der Waals surface area contributed by atoms with Gasteiger partial charge >= 0.3 is 6.18 Å². The van der Waals surface area contributed by atoms with Gasteiger partial charge in [-0.15, -0.1) is 11.3 Å². The Balaban J connectivity index is 2.62. The van der Waals surface area contributed by atoms with Crippen LogP contribution in [0.3, 0.4) is 0 Å². The van der Waals surface area contributed by atoms with Crippen LogP contribution in [0.15, 0.2) is 10.4 Å². The van der Waals surface area contributed by atoms with Gasteiger partial charge in [0.1, 0.15) is 5.01 Å². The lowest BCUT2D eigenvalue weighted by Gasteiger charge is -2.13. The van der Waals surface area contributed by atoms with Crippen LogP contribution < -0.4 is 10.6 Å². The minimum absolute atomic E-state index is 0.0494. The molecule has 0 saturated carbocycles. The van der Waals surface area contributed by atoms with Crippen molar-refractivity contribution in [3.05, 3.63) is 16.1 Å². The van der Waals surface area contributed by atoms with Gasteiger partial charge in [0.2, 0.25) is 0 Å². The van der Waals surface area contributed by atoms with Crippen LogP contribution in [0.5, 0.6) is 0 Å². The van der Waals surface area contributed by atoms with Gasteiger partial charge in [0.25, 0.3) is 0 Å². The molecule has 0 spiro atoms. The number of thiazole rings is 1. The third kappa shape index (κ3) is 6.30. The summed E-state index contributed by atoms with van der Waals surface area (Å²) in [5, 5.41) is 16.2. The zero-order valence-electron chi connectivity index (χ0n) is 11.9. The van der Waals surface area contributed by atoms with E-state index in [9.17, 15) is 13.2 Å². The number of nitrogens with one attached hydrogen (secondary N) is 2. The largest absolute Gasteiger partial charge is 0.434 e. The van der Waals surface area contributed by atoms with E-state index in [2.05, 4.69) is 20.6 Å². The zero-order chi connectivity index (χ0) is 15.9. The number of aliphatic imine (C=N–C) groups is 1. The molecule has 120 valence electrons. The topological polar surface area (TPSA) is 69.5 Å². The highest BCUT2D eigenvalue weighted by Gasteiger charge is 2.33. The second-order valence-corrected chi connectivity index (χ2v) is 5.43. The van der Waals surface area contributed by atoms with E-state index in [0.29, 0.717) is 24.1 Å². The van der Waals surface area contributed by atoms with Crippen LogP contribution in [0.2, 0.25) is 0 Å². The number of halogens is 3. The van der Waals surface area contributed by atoms with Gasteiger partial charge in [0.15, 0.2) is 11.7 Å². The number of aromatic nitrogens is 1. The highest BCUT2D eigenvalue weighted by molar-refractivity contribution is 7.09. The number of hydrogen-bond acceptors (Lipinski definition) is 4. The molecule has 21 heavy (non-hydrogen) atoms. The molecule has 1 unspecified atom stereocenters. The van der Waals surface area contributed by atoms with Gasteiger partial charge in [-0.05, 0) is 12.8 Å². The van der Waals surface area contributed by atoms with Gasteiger partial charge in [-0.25, -0.2) is 9.98 Å². The van der Waals surface area contributed by atoms with Gasteiger partial charge in [0, 0.05) is 25.1 Å². The second kappa shape index (κ2) is 8.18. The number of aliphatic hydroxyl groups excluding tert-OH is 1. The molecule has 0 bridgehead atoms. The van der Waals surface area contributed by atoms with Crippen LogP contribution in [0.25, 0.3) is 0 Å².